The first-order valence-corrected chi connectivity index (χ1v) is 7.70. The standard InChI is InChI=1S/C13H14N6O2S/c14-10(20)6-22-12-5-11(15-7-16-12)19-4-3-9(18-19)13(21)17-8-1-2-8/h3-5,7-8H,1-2,6H2,(H2,14,20)(H,17,21). The highest BCUT2D eigenvalue weighted by molar-refractivity contribution is 7.99. The first-order chi connectivity index (χ1) is 10.6. The normalized spacial score (nSPS) is 13.8. The molecule has 0 radical (unpaired) electrons. The van der Waals surface area contributed by atoms with Gasteiger partial charge in [-0.3, -0.25) is 9.59 Å². The molecule has 9 heteroatoms. The molecule has 2 aromatic heterocycles. The molecule has 3 rings (SSSR count). The zero-order chi connectivity index (χ0) is 15.5. The van der Waals surface area contributed by atoms with Crippen molar-refractivity contribution in [3.8, 4) is 5.82 Å². The van der Waals surface area contributed by atoms with E-state index in [2.05, 4.69) is 20.4 Å². The number of nitrogens with zero attached hydrogens (tertiary/aromatic N) is 4. The van der Waals surface area contributed by atoms with Gasteiger partial charge in [-0.15, -0.1) is 0 Å². The van der Waals surface area contributed by atoms with Crippen molar-refractivity contribution in [2.75, 3.05) is 5.75 Å². The van der Waals surface area contributed by atoms with Crippen molar-refractivity contribution in [2.45, 2.75) is 23.9 Å². The fourth-order valence-electron chi connectivity index (χ4n) is 1.74. The van der Waals surface area contributed by atoms with E-state index in [9.17, 15) is 9.59 Å². The Morgan fingerprint density at radius 1 is 1.41 bits per heavy atom. The Kier molecular flexibility index (Phi) is 4.05. The van der Waals surface area contributed by atoms with Crippen LogP contribution in [0.3, 0.4) is 0 Å². The minimum atomic E-state index is -0.414. The number of nitrogens with two attached hydrogens (primary N) is 1. The smallest absolute Gasteiger partial charge is 0.272 e. The maximum atomic E-state index is 11.9. The van der Waals surface area contributed by atoms with Gasteiger partial charge in [0.15, 0.2) is 11.5 Å². The van der Waals surface area contributed by atoms with Crippen molar-refractivity contribution in [3.63, 3.8) is 0 Å². The van der Waals surface area contributed by atoms with Crippen LogP contribution in [0.5, 0.6) is 0 Å². The quantitative estimate of drug-likeness (QED) is 0.578. The Morgan fingerprint density at radius 3 is 2.95 bits per heavy atom. The van der Waals surface area contributed by atoms with Crippen LogP contribution in [0.2, 0.25) is 0 Å². The fraction of sp³-hybridized carbons (Fsp3) is 0.308. The molecule has 0 bridgehead atoms. The number of aromatic nitrogens is 4. The van der Waals surface area contributed by atoms with E-state index in [0.717, 1.165) is 12.8 Å². The highest BCUT2D eigenvalue weighted by Gasteiger charge is 2.24. The zero-order valence-corrected chi connectivity index (χ0v) is 12.4. The molecule has 0 unspecified atom stereocenters. The largest absolute Gasteiger partial charge is 0.369 e. The van der Waals surface area contributed by atoms with E-state index in [1.807, 2.05) is 0 Å². The minimum absolute atomic E-state index is 0.143. The van der Waals surface area contributed by atoms with E-state index >= 15 is 0 Å². The van der Waals surface area contributed by atoms with Gasteiger partial charge >= 0.3 is 0 Å². The molecule has 114 valence electrons. The molecule has 1 saturated carbocycles. The molecule has 2 aromatic rings. The van der Waals surface area contributed by atoms with E-state index in [4.69, 9.17) is 5.73 Å². The summed E-state index contributed by atoms with van der Waals surface area (Å²) in [6, 6.07) is 3.60. The summed E-state index contributed by atoms with van der Waals surface area (Å²) in [6.07, 6.45) is 5.09. The topological polar surface area (TPSA) is 116 Å². The third-order valence-electron chi connectivity index (χ3n) is 2.96. The number of primary amides is 1. The van der Waals surface area contributed by atoms with Crippen LogP contribution in [0.25, 0.3) is 5.82 Å². The van der Waals surface area contributed by atoms with E-state index in [0.29, 0.717) is 16.5 Å². The number of amides is 2. The van der Waals surface area contributed by atoms with E-state index in [1.165, 1.54) is 22.8 Å². The predicted molar refractivity (Wildman–Crippen MR) is 79.6 cm³/mol. The molecule has 8 nitrogen and oxygen atoms in total. The Labute approximate surface area is 130 Å². The summed E-state index contributed by atoms with van der Waals surface area (Å²) >= 11 is 1.22. The number of carbonyl (C=O) groups excluding carboxylic acids is 2. The maximum absolute atomic E-state index is 11.9. The summed E-state index contributed by atoms with van der Waals surface area (Å²) in [6.45, 7) is 0. The second-order valence-corrected chi connectivity index (χ2v) is 5.86. The summed E-state index contributed by atoms with van der Waals surface area (Å²) in [5.41, 5.74) is 5.45. The molecular weight excluding hydrogens is 304 g/mol. The predicted octanol–water partition coefficient (Wildman–Crippen LogP) is 0.132. The van der Waals surface area contributed by atoms with E-state index in [1.54, 1.807) is 18.3 Å². The molecule has 22 heavy (non-hydrogen) atoms. The highest BCUT2D eigenvalue weighted by Crippen LogP contribution is 2.19. The zero-order valence-electron chi connectivity index (χ0n) is 11.6. The third kappa shape index (κ3) is 3.61. The lowest BCUT2D eigenvalue weighted by atomic mass is 10.4. The summed E-state index contributed by atoms with van der Waals surface area (Å²) in [5, 5.41) is 7.70. The molecule has 1 fully saturated rings. The van der Waals surface area contributed by atoms with Crippen LogP contribution in [0, 0.1) is 0 Å². The molecule has 3 N–H and O–H groups in total. The Morgan fingerprint density at radius 2 is 2.23 bits per heavy atom. The molecule has 1 aliphatic carbocycles. The van der Waals surface area contributed by atoms with Gasteiger partial charge in [0.1, 0.15) is 11.4 Å². The number of rotatable bonds is 6. The van der Waals surface area contributed by atoms with Crippen LogP contribution in [0.1, 0.15) is 23.3 Å². The molecule has 0 atom stereocenters. The van der Waals surface area contributed by atoms with Crippen LogP contribution < -0.4 is 11.1 Å². The average molecular weight is 318 g/mol. The van der Waals surface area contributed by atoms with Gasteiger partial charge in [-0.1, -0.05) is 11.8 Å². The lowest BCUT2D eigenvalue weighted by molar-refractivity contribution is -0.115. The maximum Gasteiger partial charge on any atom is 0.272 e. The fourth-order valence-corrected chi connectivity index (χ4v) is 2.34. The molecule has 2 amide bonds. The summed E-state index contributed by atoms with van der Waals surface area (Å²) in [4.78, 5) is 30.9. The Hall–Kier alpha value is -2.42. The summed E-state index contributed by atoms with van der Waals surface area (Å²) in [5.74, 6) is 0.0688. The molecule has 2 heterocycles. The van der Waals surface area contributed by atoms with Crippen molar-refractivity contribution in [3.05, 3.63) is 30.4 Å². The van der Waals surface area contributed by atoms with Gasteiger partial charge in [-0.2, -0.15) is 5.10 Å². The first kappa shape index (κ1) is 14.5. The minimum Gasteiger partial charge on any atom is -0.369 e. The van der Waals surface area contributed by atoms with Crippen LogP contribution in [0.15, 0.2) is 29.7 Å². The van der Waals surface area contributed by atoms with Crippen LogP contribution in [-0.4, -0.2) is 43.4 Å². The van der Waals surface area contributed by atoms with Gasteiger partial charge in [0, 0.05) is 18.3 Å². The average Bonchev–Trinajstić information content (AvgIpc) is 3.17. The summed E-state index contributed by atoms with van der Waals surface area (Å²) < 4.78 is 1.50. The van der Waals surface area contributed by atoms with Crippen molar-refractivity contribution >= 4 is 23.6 Å². The Balaban J connectivity index is 1.73. The molecule has 1 aliphatic rings. The Bertz CT molecular complexity index is 712. The van der Waals surface area contributed by atoms with Gasteiger partial charge in [0.2, 0.25) is 5.91 Å². The van der Waals surface area contributed by atoms with E-state index < -0.39 is 5.91 Å². The monoisotopic (exact) mass is 318 g/mol. The number of nitrogens with one attached hydrogen (secondary N) is 1. The molecular formula is C13H14N6O2S. The number of carbonyl (C=O) groups is 2. The lowest BCUT2D eigenvalue weighted by Crippen LogP contribution is -2.25. The molecule has 0 aromatic carbocycles. The number of hydrogen-bond acceptors (Lipinski definition) is 6. The van der Waals surface area contributed by atoms with Gasteiger partial charge < -0.3 is 11.1 Å². The van der Waals surface area contributed by atoms with Crippen molar-refractivity contribution in [1.29, 1.82) is 0 Å². The lowest BCUT2D eigenvalue weighted by Gasteiger charge is -2.03. The van der Waals surface area contributed by atoms with Gasteiger partial charge in [-0.25, -0.2) is 14.6 Å². The van der Waals surface area contributed by atoms with Gasteiger partial charge in [-0.05, 0) is 18.9 Å². The molecule has 0 aliphatic heterocycles. The van der Waals surface area contributed by atoms with Crippen molar-refractivity contribution in [1.82, 2.24) is 25.1 Å². The number of thioether (sulfide) groups is 1. The van der Waals surface area contributed by atoms with Crippen molar-refractivity contribution in [2.24, 2.45) is 5.73 Å². The van der Waals surface area contributed by atoms with Crippen LogP contribution >= 0.6 is 11.8 Å². The van der Waals surface area contributed by atoms with Crippen LogP contribution in [-0.2, 0) is 4.79 Å². The number of hydrogen-bond donors (Lipinski definition) is 2. The highest BCUT2D eigenvalue weighted by atomic mass is 32.2. The third-order valence-corrected chi connectivity index (χ3v) is 3.91. The molecule has 0 spiro atoms. The van der Waals surface area contributed by atoms with E-state index in [-0.39, 0.29) is 17.7 Å². The molecule has 0 saturated heterocycles. The van der Waals surface area contributed by atoms with Gasteiger partial charge in [0.25, 0.3) is 5.91 Å². The van der Waals surface area contributed by atoms with Crippen LogP contribution in [0.4, 0.5) is 0 Å². The second-order valence-electron chi connectivity index (χ2n) is 4.86. The summed E-state index contributed by atoms with van der Waals surface area (Å²) in [7, 11) is 0. The first-order valence-electron chi connectivity index (χ1n) is 6.72. The second kappa shape index (κ2) is 6.14. The SMILES string of the molecule is NC(=O)CSc1cc(-n2ccc(C(=O)NC3CC3)n2)ncn1. The van der Waals surface area contributed by atoms with Crippen molar-refractivity contribution < 1.29 is 9.59 Å². The van der Waals surface area contributed by atoms with Gasteiger partial charge in [0.05, 0.1) is 5.75 Å².